The van der Waals surface area contributed by atoms with E-state index in [0.717, 1.165) is 23.5 Å². The summed E-state index contributed by atoms with van der Waals surface area (Å²) >= 11 is 1.60. The Kier molecular flexibility index (Phi) is 5.95. The van der Waals surface area contributed by atoms with Crippen LogP contribution in [0.3, 0.4) is 0 Å². The normalized spacial score (nSPS) is 13.8. The molecule has 1 heterocycles. The Morgan fingerprint density at radius 2 is 2.16 bits per heavy atom. The molecule has 0 fully saturated rings. The maximum Gasteiger partial charge on any atom is 0.308 e. The summed E-state index contributed by atoms with van der Waals surface area (Å²) in [6.07, 6.45) is 1.90. The van der Waals surface area contributed by atoms with Crippen LogP contribution in [0.5, 0.6) is 0 Å². The van der Waals surface area contributed by atoms with Crippen LogP contribution in [0.4, 0.5) is 0 Å². The van der Waals surface area contributed by atoms with Gasteiger partial charge in [-0.1, -0.05) is 0 Å². The van der Waals surface area contributed by atoms with Gasteiger partial charge in [0.15, 0.2) is 0 Å². The van der Waals surface area contributed by atoms with E-state index in [-0.39, 0.29) is 11.9 Å². The number of nitrogens with zero attached hydrogens (tertiary/aromatic N) is 1. The van der Waals surface area contributed by atoms with Gasteiger partial charge >= 0.3 is 5.97 Å². The first kappa shape index (κ1) is 15.6. The monoisotopic (exact) mass is 284 g/mol. The summed E-state index contributed by atoms with van der Waals surface area (Å²) in [7, 11) is 0. The highest BCUT2D eigenvalue weighted by Crippen LogP contribution is 2.11. The van der Waals surface area contributed by atoms with Crippen molar-refractivity contribution >= 4 is 23.2 Å². The highest BCUT2D eigenvalue weighted by molar-refractivity contribution is 7.09. The zero-order chi connectivity index (χ0) is 14.4. The van der Waals surface area contributed by atoms with E-state index in [2.05, 4.69) is 10.3 Å². The van der Waals surface area contributed by atoms with Gasteiger partial charge in [0, 0.05) is 17.8 Å². The van der Waals surface area contributed by atoms with Gasteiger partial charge in [0.1, 0.15) is 0 Å². The van der Waals surface area contributed by atoms with E-state index in [4.69, 9.17) is 5.11 Å². The quantitative estimate of drug-likeness (QED) is 0.802. The van der Waals surface area contributed by atoms with Crippen molar-refractivity contribution < 1.29 is 14.7 Å². The molecule has 0 aromatic carbocycles. The minimum absolute atomic E-state index is 0.104. The Morgan fingerprint density at radius 1 is 1.47 bits per heavy atom. The molecule has 106 valence electrons. The van der Waals surface area contributed by atoms with Gasteiger partial charge in [0.05, 0.1) is 16.6 Å². The fourth-order valence-corrected chi connectivity index (χ4v) is 2.27. The molecule has 0 saturated carbocycles. The molecule has 0 aliphatic carbocycles. The molecule has 0 aliphatic rings. The SMILES string of the molecule is Cc1nc(CCCC(=O)NC(C)C(C)C(=O)O)cs1. The number of carboxylic acids is 1. The van der Waals surface area contributed by atoms with Crippen molar-refractivity contribution in [2.45, 2.75) is 46.1 Å². The number of thiazole rings is 1. The molecule has 1 aromatic rings. The van der Waals surface area contributed by atoms with Crippen LogP contribution in [-0.2, 0) is 16.0 Å². The number of hydrogen-bond acceptors (Lipinski definition) is 4. The molecule has 0 spiro atoms. The first-order valence-corrected chi connectivity index (χ1v) is 7.21. The smallest absolute Gasteiger partial charge is 0.308 e. The lowest BCUT2D eigenvalue weighted by atomic mass is 10.0. The molecular formula is C13H20N2O3S. The number of nitrogens with one attached hydrogen (secondary N) is 1. The third-order valence-corrected chi connectivity index (χ3v) is 3.85. The van der Waals surface area contributed by atoms with Crippen molar-refractivity contribution in [1.29, 1.82) is 0 Å². The lowest BCUT2D eigenvalue weighted by Gasteiger charge is -2.17. The molecule has 0 bridgehead atoms. The Labute approximate surface area is 117 Å². The van der Waals surface area contributed by atoms with Crippen molar-refractivity contribution in [1.82, 2.24) is 10.3 Å². The number of rotatable bonds is 7. The Bertz CT molecular complexity index is 445. The number of aliphatic carboxylic acids is 1. The van der Waals surface area contributed by atoms with Gasteiger partial charge in [-0.15, -0.1) is 11.3 Å². The predicted molar refractivity (Wildman–Crippen MR) is 74.2 cm³/mol. The molecule has 5 nitrogen and oxygen atoms in total. The van der Waals surface area contributed by atoms with Crippen molar-refractivity contribution in [3.05, 3.63) is 16.1 Å². The summed E-state index contributed by atoms with van der Waals surface area (Å²) in [5.41, 5.74) is 1.02. The molecule has 6 heteroatoms. The van der Waals surface area contributed by atoms with E-state index < -0.39 is 11.9 Å². The van der Waals surface area contributed by atoms with Crippen molar-refractivity contribution in [3.63, 3.8) is 0 Å². The molecular weight excluding hydrogens is 264 g/mol. The maximum atomic E-state index is 11.7. The first-order chi connectivity index (χ1) is 8.90. The number of hydrogen-bond donors (Lipinski definition) is 2. The number of carboxylic acid groups (broad SMARTS) is 1. The minimum atomic E-state index is -0.897. The molecule has 1 aromatic heterocycles. The second kappa shape index (κ2) is 7.23. The largest absolute Gasteiger partial charge is 0.481 e. The van der Waals surface area contributed by atoms with Crippen LogP contribution < -0.4 is 5.32 Å². The van der Waals surface area contributed by atoms with Gasteiger partial charge in [-0.05, 0) is 33.6 Å². The molecule has 2 atom stereocenters. The molecule has 0 aliphatic heterocycles. The Hall–Kier alpha value is -1.43. The number of carbonyl (C=O) groups is 2. The number of aryl methyl sites for hydroxylation is 2. The average molecular weight is 284 g/mol. The second-order valence-electron chi connectivity index (χ2n) is 4.69. The van der Waals surface area contributed by atoms with Crippen LogP contribution in [-0.4, -0.2) is 28.0 Å². The van der Waals surface area contributed by atoms with Crippen LogP contribution >= 0.6 is 11.3 Å². The van der Waals surface area contributed by atoms with Crippen LogP contribution in [0, 0.1) is 12.8 Å². The minimum Gasteiger partial charge on any atom is -0.481 e. The lowest BCUT2D eigenvalue weighted by molar-refractivity contribution is -0.142. The maximum absolute atomic E-state index is 11.7. The fourth-order valence-electron chi connectivity index (χ4n) is 1.62. The van der Waals surface area contributed by atoms with E-state index in [0.29, 0.717) is 6.42 Å². The zero-order valence-corrected chi connectivity index (χ0v) is 12.3. The molecule has 1 rings (SSSR count). The summed E-state index contributed by atoms with van der Waals surface area (Å²) in [5.74, 6) is -1.58. The number of amides is 1. The average Bonchev–Trinajstić information content (AvgIpc) is 2.73. The van der Waals surface area contributed by atoms with Crippen LogP contribution in [0.2, 0.25) is 0 Å². The molecule has 1 amide bonds. The molecule has 2 unspecified atom stereocenters. The summed E-state index contributed by atoms with van der Waals surface area (Å²) in [5, 5.41) is 14.6. The van der Waals surface area contributed by atoms with E-state index in [9.17, 15) is 9.59 Å². The highest BCUT2D eigenvalue weighted by atomic mass is 32.1. The third-order valence-electron chi connectivity index (χ3n) is 3.03. The second-order valence-corrected chi connectivity index (χ2v) is 5.76. The van der Waals surface area contributed by atoms with Crippen molar-refractivity contribution in [3.8, 4) is 0 Å². The molecule has 19 heavy (non-hydrogen) atoms. The van der Waals surface area contributed by atoms with Crippen LogP contribution in [0.1, 0.15) is 37.4 Å². The van der Waals surface area contributed by atoms with Gasteiger partial charge in [-0.25, -0.2) is 4.98 Å². The zero-order valence-electron chi connectivity index (χ0n) is 11.5. The summed E-state index contributed by atoms with van der Waals surface area (Å²) < 4.78 is 0. The summed E-state index contributed by atoms with van der Waals surface area (Å²) in [4.78, 5) is 26.7. The highest BCUT2D eigenvalue weighted by Gasteiger charge is 2.20. The van der Waals surface area contributed by atoms with Crippen molar-refractivity contribution in [2.75, 3.05) is 0 Å². The lowest BCUT2D eigenvalue weighted by Crippen LogP contribution is -2.39. The predicted octanol–water partition coefficient (Wildman–Crippen LogP) is 2.00. The van der Waals surface area contributed by atoms with Gasteiger partial charge < -0.3 is 10.4 Å². The van der Waals surface area contributed by atoms with E-state index in [1.165, 1.54) is 0 Å². The standard InChI is InChI=1S/C13H20N2O3S/c1-8(13(17)18)9(2)14-12(16)6-4-5-11-7-19-10(3)15-11/h7-9H,4-6H2,1-3H3,(H,14,16)(H,17,18). The molecule has 2 N–H and O–H groups in total. The fraction of sp³-hybridized carbons (Fsp3) is 0.615. The van der Waals surface area contributed by atoms with E-state index in [1.807, 2.05) is 12.3 Å². The van der Waals surface area contributed by atoms with Crippen molar-refractivity contribution in [2.24, 2.45) is 5.92 Å². The summed E-state index contributed by atoms with van der Waals surface area (Å²) in [6, 6.07) is -0.355. The van der Waals surface area contributed by atoms with E-state index >= 15 is 0 Å². The topological polar surface area (TPSA) is 79.3 Å². The van der Waals surface area contributed by atoms with Gasteiger partial charge in [-0.3, -0.25) is 9.59 Å². The van der Waals surface area contributed by atoms with Gasteiger partial charge in [-0.2, -0.15) is 0 Å². The van der Waals surface area contributed by atoms with Gasteiger partial charge in [0.25, 0.3) is 0 Å². The van der Waals surface area contributed by atoms with E-state index in [1.54, 1.807) is 25.2 Å². The molecule has 0 radical (unpaired) electrons. The molecule has 0 saturated heterocycles. The number of carbonyl (C=O) groups excluding carboxylic acids is 1. The first-order valence-electron chi connectivity index (χ1n) is 6.33. The summed E-state index contributed by atoms with van der Waals surface area (Å²) in [6.45, 7) is 5.25. The van der Waals surface area contributed by atoms with Crippen LogP contribution in [0.15, 0.2) is 5.38 Å². The third kappa shape index (κ3) is 5.38. The Balaban J connectivity index is 2.26. The number of aromatic nitrogens is 1. The Morgan fingerprint density at radius 3 is 2.68 bits per heavy atom. The van der Waals surface area contributed by atoms with Crippen LogP contribution in [0.25, 0.3) is 0 Å². The van der Waals surface area contributed by atoms with Gasteiger partial charge in [0.2, 0.25) is 5.91 Å².